The summed E-state index contributed by atoms with van der Waals surface area (Å²) in [5.74, 6) is 0.653. The average molecular weight is 276 g/mol. The summed E-state index contributed by atoms with van der Waals surface area (Å²) in [7, 11) is 0. The van der Waals surface area contributed by atoms with Crippen LogP contribution in [-0.4, -0.2) is 23.8 Å². The van der Waals surface area contributed by atoms with Crippen LogP contribution in [0.15, 0.2) is 18.2 Å². The fourth-order valence-corrected chi connectivity index (χ4v) is 2.71. The first kappa shape index (κ1) is 13.4. The first-order valence-electron chi connectivity index (χ1n) is 7.03. The van der Waals surface area contributed by atoms with Gasteiger partial charge in [-0.1, -0.05) is 6.07 Å². The van der Waals surface area contributed by atoms with Gasteiger partial charge in [0.25, 0.3) is 0 Å². The van der Waals surface area contributed by atoms with Gasteiger partial charge in [0.1, 0.15) is 23.6 Å². The number of benzene rings is 1. The number of carbonyl (C=O) groups excluding carboxylic acids is 1. The van der Waals surface area contributed by atoms with E-state index in [0.29, 0.717) is 0 Å². The summed E-state index contributed by atoms with van der Waals surface area (Å²) in [6.45, 7) is 7.77. The van der Waals surface area contributed by atoms with Crippen molar-refractivity contribution in [3.63, 3.8) is 0 Å². The molecule has 1 aromatic rings. The van der Waals surface area contributed by atoms with Crippen molar-refractivity contribution < 1.29 is 19.0 Å². The van der Waals surface area contributed by atoms with Crippen LogP contribution in [0.5, 0.6) is 5.75 Å². The van der Waals surface area contributed by atoms with E-state index in [4.69, 9.17) is 14.2 Å². The van der Waals surface area contributed by atoms with Crippen LogP contribution in [0, 0.1) is 0 Å². The molecule has 2 unspecified atom stereocenters. The van der Waals surface area contributed by atoms with Gasteiger partial charge in [-0.3, -0.25) is 4.79 Å². The van der Waals surface area contributed by atoms with E-state index in [1.807, 2.05) is 45.9 Å². The summed E-state index contributed by atoms with van der Waals surface area (Å²) in [6.07, 6.45) is 0.426. The molecule has 0 N–H and O–H groups in total. The van der Waals surface area contributed by atoms with Gasteiger partial charge in [0.05, 0.1) is 12.5 Å². The molecule has 1 saturated heterocycles. The number of ether oxygens (including phenoxy) is 3. The van der Waals surface area contributed by atoms with Gasteiger partial charge in [0.2, 0.25) is 0 Å². The third kappa shape index (κ3) is 2.40. The van der Waals surface area contributed by atoms with Crippen LogP contribution in [0.1, 0.15) is 44.9 Å². The zero-order valence-electron chi connectivity index (χ0n) is 12.3. The van der Waals surface area contributed by atoms with Gasteiger partial charge >= 0.3 is 5.97 Å². The smallest absolute Gasteiger partial charge is 0.310 e. The lowest BCUT2D eigenvalue weighted by molar-refractivity contribution is -0.146. The molecule has 4 nitrogen and oxygen atoms in total. The Labute approximate surface area is 119 Å². The fraction of sp³-hybridized carbons (Fsp3) is 0.562. The molecular weight excluding hydrogens is 256 g/mol. The number of hydrogen-bond acceptors (Lipinski definition) is 4. The second-order valence-corrected chi connectivity index (χ2v) is 6.27. The van der Waals surface area contributed by atoms with E-state index in [0.717, 1.165) is 16.9 Å². The summed E-state index contributed by atoms with van der Waals surface area (Å²) >= 11 is 0. The molecule has 20 heavy (non-hydrogen) atoms. The van der Waals surface area contributed by atoms with Crippen LogP contribution in [0.25, 0.3) is 0 Å². The predicted molar refractivity (Wildman–Crippen MR) is 73.7 cm³/mol. The molecule has 0 aromatic heterocycles. The quantitative estimate of drug-likeness (QED) is 0.629. The number of fused-ring (bicyclic) bond motifs is 3. The van der Waals surface area contributed by atoms with Crippen LogP contribution >= 0.6 is 0 Å². The van der Waals surface area contributed by atoms with Crippen LogP contribution in [0.4, 0.5) is 0 Å². The highest BCUT2D eigenvalue weighted by Crippen LogP contribution is 2.53. The number of carbonyl (C=O) groups is 1. The Bertz CT molecular complexity index is 547. The van der Waals surface area contributed by atoms with Crippen LogP contribution < -0.4 is 4.74 Å². The number of rotatable bonds is 3. The number of epoxide rings is 1. The SMILES string of the molecule is CC(C)OC(=O)Cc1ccc2c(c1)C1OC1C(C)(C)O2. The maximum absolute atomic E-state index is 11.7. The van der Waals surface area contributed by atoms with Crippen molar-refractivity contribution in [2.45, 2.75) is 58.0 Å². The Kier molecular flexibility index (Phi) is 3.01. The lowest BCUT2D eigenvalue weighted by Gasteiger charge is -2.29. The standard InChI is InChI=1S/C16H20O4/c1-9(2)18-13(17)8-10-5-6-12-11(7-10)14-15(19-14)16(3,4)20-12/h5-7,9,14-15H,8H2,1-4H3. The first-order chi connectivity index (χ1) is 9.37. The largest absolute Gasteiger partial charge is 0.485 e. The molecule has 108 valence electrons. The van der Waals surface area contributed by atoms with Crippen LogP contribution in [-0.2, 0) is 20.7 Å². The highest BCUT2D eigenvalue weighted by atomic mass is 16.6. The lowest BCUT2D eigenvalue weighted by atomic mass is 9.93. The molecule has 3 rings (SSSR count). The molecule has 0 bridgehead atoms. The second-order valence-electron chi connectivity index (χ2n) is 6.27. The van der Waals surface area contributed by atoms with E-state index in [1.165, 1.54) is 0 Å². The van der Waals surface area contributed by atoms with Gasteiger partial charge in [-0.2, -0.15) is 0 Å². The van der Waals surface area contributed by atoms with E-state index in [1.54, 1.807) is 0 Å². The maximum Gasteiger partial charge on any atom is 0.310 e. The van der Waals surface area contributed by atoms with E-state index >= 15 is 0 Å². The average Bonchev–Trinajstić information content (AvgIpc) is 3.09. The fourth-order valence-electron chi connectivity index (χ4n) is 2.71. The van der Waals surface area contributed by atoms with Crippen LogP contribution in [0.3, 0.4) is 0 Å². The van der Waals surface area contributed by atoms with Crippen molar-refractivity contribution in [2.75, 3.05) is 0 Å². The monoisotopic (exact) mass is 276 g/mol. The number of hydrogen-bond donors (Lipinski definition) is 0. The molecule has 0 spiro atoms. The van der Waals surface area contributed by atoms with Gasteiger partial charge < -0.3 is 14.2 Å². The Hall–Kier alpha value is -1.55. The lowest BCUT2D eigenvalue weighted by Crippen LogP contribution is -2.37. The summed E-state index contributed by atoms with van der Waals surface area (Å²) < 4.78 is 16.8. The van der Waals surface area contributed by atoms with Gasteiger partial charge in [-0.25, -0.2) is 0 Å². The Morgan fingerprint density at radius 2 is 2.15 bits per heavy atom. The van der Waals surface area contributed by atoms with Crippen molar-refractivity contribution in [3.05, 3.63) is 29.3 Å². The van der Waals surface area contributed by atoms with E-state index in [9.17, 15) is 4.79 Å². The van der Waals surface area contributed by atoms with Gasteiger partial charge in [-0.15, -0.1) is 0 Å². The minimum atomic E-state index is -0.282. The minimum absolute atomic E-state index is 0.0830. The molecule has 2 heterocycles. The summed E-state index contributed by atoms with van der Waals surface area (Å²) in [4.78, 5) is 11.7. The predicted octanol–water partition coefficient (Wildman–Crippen LogP) is 2.79. The van der Waals surface area contributed by atoms with Crippen molar-refractivity contribution in [1.82, 2.24) is 0 Å². The molecule has 2 aliphatic heterocycles. The highest BCUT2D eigenvalue weighted by Gasteiger charge is 2.56. The van der Waals surface area contributed by atoms with Gasteiger partial charge in [0.15, 0.2) is 0 Å². The van der Waals surface area contributed by atoms with Gasteiger partial charge in [-0.05, 0) is 45.4 Å². The molecule has 1 aromatic carbocycles. The molecule has 0 amide bonds. The number of esters is 1. The van der Waals surface area contributed by atoms with Crippen molar-refractivity contribution in [3.8, 4) is 5.75 Å². The Morgan fingerprint density at radius 1 is 1.40 bits per heavy atom. The molecular formula is C16H20O4. The maximum atomic E-state index is 11.7. The molecule has 2 atom stereocenters. The molecule has 4 heteroatoms. The topological polar surface area (TPSA) is 48.1 Å². The zero-order valence-corrected chi connectivity index (χ0v) is 12.3. The highest BCUT2D eigenvalue weighted by molar-refractivity contribution is 5.73. The summed E-state index contributed by atoms with van der Waals surface area (Å²) in [5, 5.41) is 0. The van der Waals surface area contributed by atoms with E-state index in [-0.39, 0.29) is 36.3 Å². The minimum Gasteiger partial charge on any atom is -0.485 e. The third-order valence-electron chi connectivity index (χ3n) is 3.65. The van der Waals surface area contributed by atoms with Crippen molar-refractivity contribution >= 4 is 5.97 Å². The first-order valence-corrected chi connectivity index (χ1v) is 7.03. The molecule has 0 radical (unpaired) electrons. The Morgan fingerprint density at radius 3 is 2.85 bits per heavy atom. The third-order valence-corrected chi connectivity index (χ3v) is 3.65. The Balaban J connectivity index is 1.78. The second kappa shape index (κ2) is 4.48. The molecule has 1 fully saturated rings. The van der Waals surface area contributed by atoms with Crippen molar-refractivity contribution in [1.29, 1.82) is 0 Å². The normalized spacial score (nSPS) is 25.4. The van der Waals surface area contributed by atoms with Crippen molar-refractivity contribution in [2.24, 2.45) is 0 Å². The van der Waals surface area contributed by atoms with E-state index < -0.39 is 0 Å². The van der Waals surface area contributed by atoms with Crippen LogP contribution in [0.2, 0.25) is 0 Å². The zero-order chi connectivity index (χ0) is 14.5. The summed E-state index contributed by atoms with van der Waals surface area (Å²) in [6, 6.07) is 5.84. The molecule has 0 aliphatic carbocycles. The van der Waals surface area contributed by atoms with E-state index in [2.05, 4.69) is 0 Å². The molecule has 2 aliphatic rings. The summed E-state index contributed by atoms with van der Waals surface area (Å²) in [5.41, 5.74) is 1.70. The van der Waals surface area contributed by atoms with Gasteiger partial charge in [0, 0.05) is 5.56 Å². The molecule has 0 saturated carbocycles.